The maximum atomic E-state index is 13.5. The van der Waals surface area contributed by atoms with Gasteiger partial charge in [0.25, 0.3) is 0 Å². The molecule has 9 nitrogen and oxygen atoms in total. The van der Waals surface area contributed by atoms with Crippen molar-refractivity contribution in [3.8, 4) is 23.0 Å². The molecule has 36 heavy (non-hydrogen) atoms. The summed E-state index contributed by atoms with van der Waals surface area (Å²) < 4.78 is 27.7. The first kappa shape index (κ1) is 22.7. The number of fused-ring (bicyclic) bond motifs is 2. The molecule has 2 saturated heterocycles. The highest BCUT2D eigenvalue weighted by Crippen LogP contribution is 2.52. The van der Waals surface area contributed by atoms with Crippen LogP contribution in [0.15, 0.2) is 48.6 Å². The molecule has 188 valence electrons. The van der Waals surface area contributed by atoms with Crippen LogP contribution in [0.2, 0.25) is 0 Å². The number of ether oxygens (including phenoxy) is 5. The highest BCUT2D eigenvalue weighted by Gasteiger charge is 2.66. The van der Waals surface area contributed by atoms with E-state index in [1.165, 1.54) is 0 Å². The molecular weight excluding hydrogens is 464 g/mol. The fraction of sp³-hybridized carbons (Fsp3) is 0.407. The molecule has 0 aromatic heterocycles. The molecule has 0 aliphatic carbocycles. The molecule has 0 radical (unpaired) electrons. The number of methoxy groups -OCH3 is 2. The van der Waals surface area contributed by atoms with Crippen molar-refractivity contribution < 1.29 is 33.3 Å². The summed E-state index contributed by atoms with van der Waals surface area (Å²) in [4.78, 5) is 28.5. The van der Waals surface area contributed by atoms with Gasteiger partial charge in [0.05, 0.1) is 38.7 Å². The number of hydrogen-bond acceptors (Lipinski definition) is 7. The molecule has 4 heterocycles. The van der Waals surface area contributed by atoms with Crippen molar-refractivity contribution in [3.05, 3.63) is 59.7 Å². The Morgan fingerprint density at radius 2 is 1.89 bits per heavy atom. The lowest BCUT2D eigenvalue weighted by Gasteiger charge is -2.23. The van der Waals surface area contributed by atoms with Gasteiger partial charge in [0.2, 0.25) is 18.6 Å². The minimum absolute atomic E-state index is 0.0560. The van der Waals surface area contributed by atoms with Crippen molar-refractivity contribution in [2.45, 2.75) is 24.7 Å². The largest absolute Gasteiger partial charge is 0.493 e. The monoisotopic (exact) mass is 492 g/mol. The molecule has 4 aliphatic heterocycles. The average Bonchev–Trinajstić information content (AvgIpc) is 3.65. The van der Waals surface area contributed by atoms with Crippen LogP contribution in [0.25, 0.3) is 0 Å². The van der Waals surface area contributed by atoms with E-state index in [9.17, 15) is 9.59 Å². The third-order valence-corrected chi connectivity index (χ3v) is 7.45. The second-order valence-corrected chi connectivity index (χ2v) is 9.51. The number of carbonyl (C=O) groups excluding carboxylic acids is 2. The Bertz CT molecular complexity index is 1240. The lowest BCUT2D eigenvalue weighted by Crippen LogP contribution is -2.44. The van der Waals surface area contributed by atoms with Crippen LogP contribution < -0.4 is 24.3 Å². The van der Waals surface area contributed by atoms with Crippen molar-refractivity contribution in [3.63, 3.8) is 0 Å². The second-order valence-electron chi connectivity index (χ2n) is 9.51. The Morgan fingerprint density at radius 1 is 1.08 bits per heavy atom. The van der Waals surface area contributed by atoms with Gasteiger partial charge in [-0.2, -0.15) is 0 Å². The molecule has 9 heteroatoms. The molecular formula is C27H28N2O7. The molecule has 6 rings (SSSR count). The predicted octanol–water partition coefficient (Wildman–Crippen LogP) is 2.07. The molecule has 4 aliphatic rings. The first-order valence-electron chi connectivity index (χ1n) is 12.0. The fourth-order valence-corrected chi connectivity index (χ4v) is 5.76. The molecule has 1 spiro atoms. The molecule has 1 unspecified atom stereocenters. The number of benzene rings is 2. The van der Waals surface area contributed by atoms with Gasteiger partial charge in [-0.1, -0.05) is 24.3 Å². The minimum atomic E-state index is -0.747. The summed E-state index contributed by atoms with van der Waals surface area (Å²) in [5, 5.41) is 3.02. The Hall–Kier alpha value is -3.72. The SMILES string of the molecule is COc1ccc(CCNC(=O)C2[C@H]3C(=O)N(Cc4ccc5c(c4)OCO5)C[C@@]34C=C[C@H]2O4)cc1OC. The van der Waals surface area contributed by atoms with E-state index in [0.717, 1.165) is 11.1 Å². The quantitative estimate of drug-likeness (QED) is 0.564. The Labute approximate surface area is 208 Å². The molecule has 2 bridgehead atoms. The van der Waals surface area contributed by atoms with E-state index >= 15 is 0 Å². The summed E-state index contributed by atoms with van der Waals surface area (Å²) in [5.74, 6) is 1.41. The summed E-state index contributed by atoms with van der Waals surface area (Å²) in [5.41, 5.74) is 1.21. The summed E-state index contributed by atoms with van der Waals surface area (Å²) in [6, 6.07) is 11.4. The zero-order valence-corrected chi connectivity index (χ0v) is 20.2. The van der Waals surface area contributed by atoms with Crippen molar-refractivity contribution >= 4 is 11.8 Å². The second kappa shape index (κ2) is 8.74. The summed E-state index contributed by atoms with van der Waals surface area (Å²) in [6.07, 6.45) is 4.13. The van der Waals surface area contributed by atoms with Crippen molar-refractivity contribution in [1.82, 2.24) is 10.2 Å². The topological polar surface area (TPSA) is 95.6 Å². The Morgan fingerprint density at radius 3 is 2.72 bits per heavy atom. The number of hydrogen-bond donors (Lipinski definition) is 1. The summed E-state index contributed by atoms with van der Waals surface area (Å²) >= 11 is 0. The van der Waals surface area contributed by atoms with Crippen molar-refractivity contribution in [2.75, 3.05) is 34.1 Å². The van der Waals surface area contributed by atoms with Crippen LogP contribution >= 0.6 is 0 Å². The van der Waals surface area contributed by atoms with E-state index in [4.69, 9.17) is 23.7 Å². The molecule has 1 N–H and O–H groups in total. The molecule has 2 aromatic rings. The highest BCUT2D eigenvalue weighted by atomic mass is 16.7. The molecule has 2 aromatic carbocycles. The lowest BCUT2D eigenvalue weighted by atomic mass is 9.77. The first-order valence-corrected chi connectivity index (χ1v) is 12.0. The Kier molecular flexibility index (Phi) is 5.52. The number of rotatable bonds is 8. The average molecular weight is 493 g/mol. The van der Waals surface area contributed by atoms with Crippen molar-refractivity contribution in [1.29, 1.82) is 0 Å². The molecule has 0 saturated carbocycles. The fourth-order valence-electron chi connectivity index (χ4n) is 5.76. The maximum absolute atomic E-state index is 13.5. The Balaban J connectivity index is 1.12. The zero-order valence-electron chi connectivity index (χ0n) is 20.2. The molecule has 2 amide bonds. The third kappa shape index (κ3) is 3.65. The van der Waals surface area contributed by atoms with Crippen LogP contribution in [-0.4, -0.2) is 62.5 Å². The van der Waals surface area contributed by atoms with Crippen LogP contribution in [-0.2, 0) is 27.3 Å². The van der Waals surface area contributed by atoms with Crippen LogP contribution in [0.4, 0.5) is 0 Å². The van der Waals surface area contributed by atoms with Crippen LogP contribution in [0.1, 0.15) is 11.1 Å². The summed E-state index contributed by atoms with van der Waals surface area (Å²) in [6.45, 7) is 1.49. The normalized spacial score (nSPS) is 26.9. The zero-order chi connectivity index (χ0) is 24.9. The first-order chi connectivity index (χ1) is 17.5. The van der Waals surface area contributed by atoms with Gasteiger partial charge in [-0.05, 0) is 41.8 Å². The van der Waals surface area contributed by atoms with Gasteiger partial charge in [-0.25, -0.2) is 0 Å². The standard InChI is InChI=1S/C27H28N2O7/c1-32-18-5-3-16(11-21(18)33-2)8-10-28-25(30)23-20-7-9-27(36-20)14-29(26(31)24(23)27)13-17-4-6-19-22(12-17)35-15-34-19/h3-7,9,11-12,20,23-24H,8,10,13-15H2,1-2H3,(H,28,30)/t20-,23?,24+,27+/m1/s1. The number of amides is 2. The van der Waals surface area contributed by atoms with Gasteiger partial charge in [0.1, 0.15) is 5.60 Å². The number of carbonyl (C=O) groups is 2. The van der Waals surface area contributed by atoms with Gasteiger partial charge >= 0.3 is 0 Å². The van der Waals surface area contributed by atoms with E-state index in [0.29, 0.717) is 49.1 Å². The maximum Gasteiger partial charge on any atom is 0.231 e. The third-order valence-electron chi connectivity index (χ3n) is 7.45. The van der Waals surface area contributed by atoms with Crippen molar-refractivity contribution in [2.24, 2.45) is 11.8 Å². The summed E-state index contributed by atoms with van der Waals surface area (Å²) in [7, 11) is 3.19. The number of likely N-dealkylation sites (tertiary alicyclic amines) is 1. The van der Waals surface area contributed by atoms with Gasteiger partial charge in [-0.15, -0.1) is 0 Å². The molecule has 2 fully saturated rings. The van der Waals surface area contributed by atoms with Gasteiger partial charge in [-0.3, -0.25) is 9.59 Å². The van der Waals surface area contributed by atoms with Crippen LogP contribution in [0.3, 0.4) is 0 Å². The van der Waals surface area contributed by atoms with Gasteiger partial charge in [0, 0.05) is 13.1 Å². The van der Waals surface area contributed by atoms with Gasteiger partial charge < -0.3 is 33.9 Å². The van der Waals surface area contributed by atoms with E-state index < -0.39 is 17.4 Å². The smallest absolute Gasteiger partial charge is 0.231 e. The minimum Gasteiger partial charge on any atom is -0.493 e. The van der Waals surface area contributed by atoms with E-state index in [2.05, 4.69) is 5.32 Å². The van der Waals surface area contributed by atoms with Gasteiger partial charge in [0.15, 0.2) is 23.0 Å². The van der Waals surface area contributed by atoms with Crippen LogP contribution in [0.5, 0.6) is 23.0 Å². The van der Waals surface area contributed by atoms with Crippen LogP contribution in [0, 0.1) is 11.8 Å². The van der Waals surface area contributed by atoms with E-state index in [1.54, 1.807) is 19.1 Å². The number of nitrogens with zero attached hydrogens (tertiary/aromatic N) is 1. The molecule has 4 atom stereocenters. The highest BCUT2D eigenvalue weighted by molar-refractivity contribution is 5.93. The lowest BCUT2D eigenvalue weighted by molar-refractivity contribution is -0.137. The van der Waals surface area contributed by atoms with E-state index in [1.807, 2.05) is 48.6 Å². The van der Waals surface area contributed by atoms with E-state index in [-0.39, 0.29) is 24.7 Å². The predicted molar refractivity (Wildman–Crippen MR) is 128 cm³/mol. The number of nitrogens with one attached hydrogen (secondary N) is 1.